The van der Waals surface area contributed by atoms with Gasteiger partial charge >= 0.3 is 5.97 Å². The molecule has 358 valence electrons. The third-order valence-corrected chi connectivity index (χ3v) is 12.5. The van der Waals surface area contributed by atoms with Gasteiger partial charge in [-0.25, -0.2) is 0 Å². The normalized spacial score (nSPS) is 11.8. The van der Waals surface area contributed by atoms with E-state index in [0.717, 1.165) is 77.4 Å². The highest BCUT2D eigenvalue weighted by atomic mass is 32.2. The van der Waals surface area contributed by atoms with Gasteiger partial charge in [0.25, 0.3) is 0 Å². The first-order chi connectivity index (χ1) is 29.4. The molecule has 0 bridgehead atoms. The lowest BCUT2D eigenvalue weighted by Gasteiger charge is -2.22. The number of esters is 1. The Morgan fingerprint density at radius 3 is 1.47 bits per heavy atom. The average molecular weight is 870 g/mol. The smallest absolute Gasteiger partial charge is 0.306 e. The molecule has 0 aliphatic rings. The van der Waals surface area contributed by atoms with Gasteiger partial charge in [-0.2, -0.15) is 0 Å². The Morgan fingerprint density at radius 2 is 1.00 bits per heavy atom. The zero-order valence-corrected chi connectivity index (χ0v) is 41.7. The molecule has 1 atom stereocenters. The van der Waals surface area contributed by atoms with Crippen molar-refractivity contribution in [1.29, 1.82) is 0 Å². The zero-order chi connectivity index (χ0) is 44.4. The molecule has 9 heteroatoms. The minimum Gasteiger partial charge on any atom is -0.462 e. The number of nitrogens with zero attached hydrogens (tertiary/aromatic N) is 1. The first-order valence-corrected chi connectivity index (χ1v) is 26.8. The van der Waals surface area contributed by atoms with Gasteiger partial charge in [-0.15, -0.1) is 0 Å². The number of methoxy groups -OCH3 is 1. The number of nitrogens with one attached hydrogen (secondary N) is 2. The van der Waals surface area contributed by atoms with Crippen LogP contribution >= 0.6 is 11.9 Å². The van der Waals surface area contributed by atoms with E-state index < -0.39 is 0 Å². The number of aldehydes is 1. The summed E-state index contributed by atoms with van der Waals surface area (Å²) in [6.45, 7) is 13.1. The maximum atomic E-state index is 12.3. The van der Waals surface area contributed by atoms with Crippen molar-refractivity contribution in [1.82, 2.24) is 14.9 Å². The molecule has 0 aliphatic carbocycles. The van der Waals surface area contributed by atoms with Gasteiger partial charge < -0.3 is 24.5 Å². The second-order valence-electron chi connectivity index (χ2n) is 17.3. The van der Waals surface area contributed by atoms with Gasteiger partial charge in [-0.3, -0.25) is 14.3 Å². The summed E-state index contributed by atoms with van der Waals surface area (Å²) in [5.41, 5.74) is 0. The maximum Gasteiger partial charge on any atom is 0.306 e. The largest absolute Gasteiger partial charge is 0.462 e. The van der Waals surface area contributed by atoms with Crippen LogP contribution in [0.5, 0.6) is 0 Å². The summed E-state index contributed by atoms with van der Waals surface area (Å²) >= 11 is 1.47. The molecule has 1 unspecified atom stereocenters. The van der Waals surface area contributed by atoms with Crippen LogP contribution in [0.15, 0.2) is 0 Å². The Labute approximate surface area is 378 Å². The second-order valence-corrected chi connectivity index (χ2v) is 18.2. The molecule has 0 heterocycles. The van der Waals surface area contributed by atoms with E-state index in [1.165, 1.54) is 179 Å². The number of hydrogen-bond donors (Lipinski definition) is 2. The van der Waals surface area contributed by atoms with E-state index in [1.54, 1.807) is 7.05 Å². The highest BCUT2D eigenvalue weighted by Gasteiger charge is 2.13. The summed E-state index contributed by atoms with van der Waals surface area (Å²) in [4.78, 5) is 36.7. The molecular weight excluding hydrogens is 767 g/mol. The number of rotatable bonds is 47. The minimum atomic E-state index is -0.0118. The van der Waals surface area contributed by atoms with Crippen LogP contribution in [-0.4, -0.2) is 81.4 Å². The predicted octanol–water partition coefficient (Wildman–Crippen LogP) is 14.1. The van der Waals surface area contributed by atoms with Crippen molar-refractivity contribution in [3.05, 3.63) is 0 Å². The molecule has 0 radical (unpaired) electrons. The SMILES string of the molecule is CCCCCCCCC(CC)OC(=O)CCCCCCCN(CCCCCCCC=O)CCCNSCC(=O)NC.CCCCCCCCC(CCCCCCCC)OC. The molecule has 1 amide bonds. The molecule has 0 aromatic rings. The summed E-state index contributed by atoms with van der Waals surface area (Å²) in [6, 6.07) is 0. The summed E-state index contributed by atoms with van der Waals surface area (Å²) in [5.74, 6) is 0.477. The van der Waals surface area contributed by atoms with Crippen molar-refractivity contribution in [3.8, 4) is 0 Å². The van der Waals surface area contributed by atoms with E-state index in [4.69, 9.17) is 9.47 Å². The van der Waals surface area contributed by atoms with Crippen LogP contribution in [0.2, 0.25) is 0 Å². The van der Waals surface area contributed by atoms with Crippen LogP contribution in [0.4, 0.5) is 0 Å². The summed E-state index contributed by atoms with van der Waals surface area (Å²) < 4.78 is 14.7. The molecule has 8 nitrogen and oxygen atoms in total. The van der Waals surface area contributed by atoms with Gasteiger partial charge in [0.1, 0.15) is 12.4 Å². The highest BCUT2D eigenvalue weighted by Crippen LogP contribution is 2.17. The topological polar surface area (TPSA) is 97.0 Å². The van der Waals surface area contributed by atoms with E-state index in [0.29, 0.717) is 24.7 Å². The molecule has 0 fully saturated rings. The molecule has 0 saturated carbocycles. The van der Waals surface area contributed by atoms with Crippen LogP contribution in [0.3, 0.4) is 0 Å². The van der Waals surface area contributed by atoms with Crippen molar-refractivity contribution in [2.24, 2.45) is 0 Å². The lowest BCUT2D eigenvalue weighted by atomic mass is 10.0. The fraction of sp³-hybridized carbons (Fsp3) is 0.941. The number of carbonyl (C=O) groups excluding carboxylic acids is 3. The molecule has 0 spiro atoms. The quantitative estimate of drug-likeness (QED) is 0.0270. The molecule has 0 aromatic carbocycles. The number of hydrogen-bond acceptors (Lipinski definition) is 8. The van der Waals surface area contributed by atoms with Gasteiger partial charge in [0.05, 0.1) is 11.9 Å². The third kappa shape index (κ3) is 47.9. The monoisotopic (exact) mass is 870 g/mol. The van der Waals surface area contributed by atoms with Gasteiger partial charge in [0, 0.05) is 33.5 Å². The summed E-state index contributed by atoms with van der Waals surface area (Å²) in [6.07, 6.45) is 44.2. The van der Waals surface area contributed by atoms with E-state index >= 15 is 0 Å². The van der Waals surface area contributed by atoms with Crippen molar-refractivity contribution >= 4 is 30.1 Å². The van der Waals surface area contributed by atoms with Gasteiger partial charge in [0.15, 0.2) is 0 Å². The standard InChI is InChI=1S/C33H65N3O4S.C18H38O/c1-4-6-7-8-12-17-23-31(5-2)40-33(39)24-18-13-11-15-20-27-36(26-19-14-9-10-16-21-29-37)28-22-25-35-41-30-32(38)34-3;1-4-6-8-10-12-14-16-18(19-3)17-15-13-11-9-7-5-2/h29,31,35H,4-28,30H2,1-3H3,(H,34,38);18H,4-17H2,1-3H3. The summed E-state index contributed by atoms with van der Waals surface area (Å²) in [5, 5.41) is 2.64. The molecule has 0 aliphatic heterocycles. The number of ether oxygens (including phenoxy) is 2. The molecule has 0 aromatic heterocycles. The maximum absolute atomic E-state index is 12.3. The fourth-order valence-corrected chi connectivity index (χ4v) is 8.29. The molecule has 0 rings (SSSR count). The number of amides is 1. The lowest BCUT2D eigenvalue weighted by Crippen LogP contribution is -2.29. The second kappa shape index (κ2) is 52.2. The Morgan fingerprint density at radius 1 is 0.567 bits per heavy atom. The molecule has 60 heavy (non-hydrogen) atoms. The van der Waals surface area contributed by atoms with Crippen LogP contribution in [0.25, 0.3) is 0 Å². The van der Waals surface area contributed by atoms with Gasteiger partial charge in [-0.05, 0) is 83.8 Å². The Hall–Kier alpha value is -1.16. The van der Waals surface area contributed by atoms with E-state index in [-0.39, 0.29) is 18.0 Å². The third-order valence-electron chi connectivity index (χ3n) is 11.7. The van der Waals surface area contributed by atoms with Crippen LogP contribution in [-0.2, 0) is 23.9 Å². The van der Waals surface area contributed by atoms with Gasteiger partial charge in [0.2, 0.25) is 5.91 Å². The van der Waals surface area contributed by atoms with E-state index in [2.05, 4.69) is 42.6 Å². The van der Waals surface area contributed by atoms with Crippen LogP contribution < -0.4 is 10.0 Å². The minimum absolute atomic E-state index is 0.0118. The van der Waals surface area contributed by atoms with Crippen molar-refractivity contribution in [3.63, 3.8) is 0 Å². The van der Waals surface area contributed by atoms with E-state index in [1.807, 2.05) is 7.11 Å². The molecular formula is C51H103N3O5S. The van der Waals surface area contributed by atoms with E-state index in [9.17, 15) is 14.4 Å². The van der Waals surface area contributed by atoms with Crippen molar-refractivity contribution in [2.75, 3.05) is 46.1 Å². The Kier molecular flexibility index (Phi) is 53.0. The van der Waals surface area contributed by atoms with Crippen LogP contribution in [0.1, 0.15) is 252 Å². The zero-order valence-electron chi connectivity index (χ0n) is 40.9. The molecule has 0 saturated heterocycles. The van der Waals surface area contributed by atoms with Crippen LogP contribution in [0, 0.1) is 0 Å². The number of carbonyl (C=O) groups is 3. The summed E-state index contributed by atoms with van der Waals surface area (Å²) in [7, 11) is 3.55. The fourth-order valence-electron chi connectivity index (χ4n) is 7.63. The Balaban J connectivity index is 0. The predicted molar refractivity (Wildman–Crippen MR) is 262 cm³/mol. The first kappa shape index (κ1) is 60.9. The van der Waals surface area contributed by atoms with Crippen molar-refractivity contribution < 1.29 is 23.9 Å². The first-order valence-electron chi connectivity index (χ1n) is 25.8. The lowest BCUT2D eigenvalue weighted by molar-refractivity contribution is -0.149. The average Bonchev–Trinajstić information content (AvgIpc) is 3.26. The van der Waals surface area contributed by atoms with Crippen molar-refractivity contribution in [2.45, 2.75) is 265 Å². The highest BCUT2D eigenvalue weighted by molar-refractivity contribution is 7.98. The molecule has 2 N–H and O–H groups in total. The number of unbranched alkanes of at least 4 members (excludes halogenated alkanes) is 24. The van der Waals surface area contributed by atoms with Gasteiger partial charge in [-0.1, -0.05) is 187 Å². The Bertz CT molecular complexity index is 866.